The summed E-state index contributed by atoms with van der Waals surface area (Å²) in [5, 5.41) is 13.5. The molecule has 3 aromatic rings. The highest BCUT2D eigenvalue weighted by atomic mass is 16.5. The van der Waals surface area contributed by atoms with Gasteiger partial charge in [-0.1, -0.05) is 12.1 Å². The zero-order valence-electron chi connectivity index (χ0n) is 17.6. The molecule has 0 saturated heterocycles. The minimum atomic E-state index is 0.158. The second kappa shape index (κ2) is 8.15. The van der Waals surface area contributed by atoms with E-state index in [1.807, 2.05) is 43.0 Å². The second-order valence-electron chi connectivity index (χ2n) is 7.77. The highest BCUT2D eigenvalue weighted by molar-refractivity contribution is 5.77. The summed E-state index contributed by atoms with van der Waals surface area (Å²) in [6, 6.07) is 10.3. The van der Waals surface area contributed by atoms with Gasteiger partial charge in [0, 0.05) is 30.4 Å². The number of aromatic nitrogens is 3. The molecular weight excluding hydrogens is 378 g/mol. The topological polar surface area (TPSA) is 83.5 Å². The average molecular weight is 403 g/mol. The summed E-state index contributed by atoms with van der Waals surface area (Å²) in [7, 11) is 1.65. The summed E-state index contributed by atoms with van der Waals surface area (Å²) in [5.41, 5.74) is 4.93. The Morgan fingerprint density at radius 3 is 2.67 bits per heavy atom. The zero-order valence-corrected chi connectivity index (χ0v) is 17.6. The van der Waals surface area contributed by atoms with E-state index in [0.717, 1.165) is 41.1 Å². The number of ether oxygens (including phenoxy) is 1. The Labute approximate surface area is 175 Å². The smallest absolute Gasteiger partial charge is 0.223 e. The standard InChI is InChI=1S/C23H25N5O2/c1-15-21(16(2)28-23(26-15)18(12-24)13-25-28)10-11-22(29)27(19-6-7-19)14-17-4-8-20(30-3)9-5-17/h4-5,8-9,13,19H,6-7,10-11,14H2,1-3H3. The summed E-state index contributed by atoms with van der Waals surface area (Å²) in [6.45, 7) is 4.51. The number of carbonyl (C=O) groups is 1. The first-order chi connectivity index (χ1) is 14.5. The van der Waals surface area contributed by atoms with E-state index in [1.54, 1.807) is 11.6 Å². The largest absolute Gasteiger partial charge is 0.497 e. The van der Waals surface area contributed by atoms with Crippen molar-refractivity contribution in [3.8, 4) is 11.8 Å². The number of rotatable bonds is 7. The van der Waals surface area contributed by atoms with Crippen LogP contribution in [0.5, 0.6) is 5.75 Å². The molecule has 7 nitrogen and oxygen atoms in total. The molecule has 0 spiro atoms. The molecule has 0 radical (unpaired) electrons. The van der Waals surface area contributed by atoms with E-state index in [2.05, 4.69) is 16.2 Å². The van der Waals surface area contributed by atoms with E-state index < -0.39 is 0 Å². The number of carbonyl (C=O) groups excluding carboxylic acids is 1. The van der Waals surface area contributed by atoms with Crippen LogP contribution in [0.25, 0.3) is 5.65 Å². The molecule has 4 rings (SSSR count). The van der Waals surface area contributed by atoms with Gasteiger partial charge in [0.2, 0.25) is 5.91 Å². The monoisotopic (exact) mass is 403 g/mol. The molecule has 0 atom stereocenters. The Balaban J connectivity index is 1.49. The van der Waals surface area contributed by atoms with Gasteiger partial charge in [-0.2, -0.15) is 10.4 Å². The van der Waals surface area contributed by atoms with Gasteiger partial charge in [-0.15, -0.1) is 0 Å². The van der Waals surface area contributed by atoms with Crippen molar-refractivity contribution in [1.29, 1.82) is 5.26 Å². The van der Waals surface area contributed by atoms with E-state index in [4.69, 9.17) is 4.74 Å². The van der Waals surface area contributed by atoms with E-state index >= 15 is 0 Å². The number of nitrogens with zero attached hydrogens (tertiary/aromatic N) is 5. The van der Waals surface area contributed by atoms with Gasteiger partial charge >= 0.3 is 0 Å². The first kappa shape index (κ1) is 19.9. The highest BCUT2D eigenvalue weighted by Crippen LogP contribution is 2.30. The Morgan fingerprint density at radius 2 is 2.03 bits per heavy atom. The highest BCUT2D eigenvalue weighted by Gasteiger charge is 2.32. The van der Waals surface area contributed by atoms with Crippen LogP contribution < -0.4 is 4.74 Å². The van der Waals surface area contributed by atoms with Crippen molar-refractivity contribution in [1.82, 2.24) is 19.5 Å². The fourth-order valence-corrected chi connectivity index (χ4v) is 3.86. The van der Waals surface area contributed by atoms with Crippen LogP contribution in [0, 0.1) is 25.2 Å². The molecule has 0 unspecified atom stereocenters. The van der Waals surface area contributed by atoms with Crippen molar-refractivity contribution in [2.45, 2.75) is 52.1 Å². The molecule has 0 bridgehead atoms. The maximum Gasteiger partial charge on any atom is 0.223 e. The van der Waals surface area contributed by atoms with Crippen LogP contribution in [-0.2, 0) is 17.8 Å². The first-order valence-corrected chi connectivity index (χ1v) is 10.2. The predicted octanol–water partition coefficient (Wildman–Crippen LogP) is 3.35. The molecule has 1 aliphatic rings. The Bertz CT molecular complexity index is 1120. The van der Waals surface area contributed by atoms with E-state index in [9.17, 15) is 10.1 Å². The molecule has 1 fully saturated rings. The van der Waals surface area contributed by atoms with E-state index in [-0.39, 0.29) is 5.91 Å². The summed E-state index contributed by atoms with van der Waals surface area (Å²) >= 11 is 0. The molecule has 0 N–H and O–H groups in total. The minimum absolute atomic E-state index is 0.158. The van der Waals surface area contributed by atoms with Gasteiger partial charge in [-0.3, -0.25) is 4.79 Å². The zero-order chi connectivity index (χ0) is 21.3. The van der Waals surface area contributed by atoms with Crippen LogP contribution in [0.15, 0.2) is 30.5 Å². The van der Waals surface area contributed by atoms with Crippen LogP contribution >= 0.6 is 0 Å². The van der Waals surface area contributed by atoms with Crippen LogP contribution in [0.4, 0.5) is 0 Å². The summed E-state index contributed by atoms with van der Waals surface area (Å²) in [5.74, 6) is 0.973. The molecule has 1 saturated carbocycles. The van der Waals surface area contributed by atoms with Crippen molar-refractivity contribution >= 4 is 11.6 Å². The Hall–Kier alpha value is -3.40. The van der Waals surface area contributed by atoms with Gasteiger partial charge in [0.15, 0.2) is 5.65 Å². The summed E-state index contributed by atoms with van der Waals surface area (Å²) in [4.78, 5) is 19.6. The second-order valence-corrected chi connectivity index (χ2v) is 7.77. The van der Waals surface area contributed by atoms with Gasteiger partial charge in [0.25, 0.3) is 0 Å². The molecule has 154 valence electrons. The fraction of sp³-hybridized carbons (Fsp3) is 0.391. The molecule has 1 aliphatic carbocycles. The lowest BCUT2D eigenvalue weighted by atomic mass is 10.1. The van der Waals surface area contributed by atoms with Crippen molar-refractivity contribution < 1.29 is 9.53 Å². The number of hydrogen-bond donors (Lipinski definition) is 0. The SMILES string of the molecule is COc1ccc(CN(C(=O)CCc2c(C)nc3c(C#N)cnn3c2C)C2CC2)cc1. The fourth-order valence-electron chi connectivity index (χ4n) is 3.86. The summed E-state index contributed by atoms with van der Waals surface area (Å²) < 4.78 is 6.92. The lowest BCUT2D eigenvalue weighted by Gasteiger charge is -2.23. The van der Waals surface area contributed by atoms with Gasteiger partial charge in [-0.25, -0.2) is 9.50 Å². The third-order valence-corrected chi connectivity index (χ3v) is 5.74. The maximum atomic E-state index is 13.1. The molecule has 1 aromatic carbocycles. The van der Waals surface area contributed by atoms with Gasteiger partial charge in [0.05, 0.1) is 13.3 Å². The lowest BCUT2D eigenvalue weighted by Crippen LogP contribution is -2.32. The summed E-state index contributed by atoms with van der Waals surface area (Å²) in [6.07, 6.45) is 4.70. The molecule has 30 heavy (non-hydrogen) atoms. The normalized spacial score (nSPS) is 13.3. The number of benzene rings is 1. The van der Waals surface area contributed by atoms with Crippen molar-refractivity contribution in [2.24, 2.45) is 0 Å². The van der Waals surface area contributed by atoms with Crippen molar-refractivity contribution in [3.05, 3.63) is 58.5 Å². The average Bonchev–Trinajstić information content (AvgIpc) is 3.51. The molecule has 0 aliphatic heterocycles. The number of nitriles is 1. The number of methoxy groups -OCH3 is 1. The van der Waals surface area contributed by atoms with E-state index in [0.29, 0.717) is 36.6 Å². The van der Waals surface area contributed by atoms with Gasteiger partial charge < -0.3 is 9.64 Å². The van der Waals surface area contributed by atoms with Crippen molar-refractivity contribution in [2.75, 3.05) is 7.11 Å². The third-order valence-electron chi connectivity index (χ3n) is 5.74. The number of amides is 1. The minimum Gasteiger partial charge on any atom is -0.497 e. The van der Waals surface area contributed by atoms with Crippen molar-refractivity contribution in [3.63, 3.8) is 0 Å². The quantitative estimate of drug-likeness (QED) is 0.604. The van der Waals surface area contributed by atoms with Crippen LogP contribution in [-0.4, -0.2) is 38.6 Å². The number of hydrogen-bond acceptors (Lipinski definition) is 5. The maximum absolute atomic E-state index is 13.1. The molecular formula is C23H25N5O2. The molecule has 1 amide bonds. The van der Waals surface area contributed by atoms with Gasteiger partial charge in [-0.05, 0) is 56.4 Å². The van der Waals surface area contributed by atoms with Crippen LogP contribution in [0.2, 0.25) is 0 Å². The third kappa shape index (κ3) is 3.86. The first-order valence-electron chi connectivity index (χ1n) is 10.2. The van der Waals surface area contributed by atoms with Crippen LogP contribution in [0.1, 0.15) is 47.3 Å². The predicted molar refractivity (Wildman–Crippen MR) is 112 cm³/mol. The molecule has 7 heteroatoms. The van der Waals surface area contributed by atoms with Crippen LogP contribution in [0.3, 0.4) is 0 Å². The van der Waals surface area contributed by atoms with E-state index in [1.165, 1.54) is 6.20 Å². The number of aryl methyl sites for hydroxylation is 2. The molecule has 2 heterocycles. The Morgan fingerprint density at radius 1 is 1.30 bits per heavy atom. The Kier molecular flexibility index (Phi) is 5.40. The van der Waals surface area contributed by atoms with Gasteiger partial charge in [0.1, 0.15) is 17.4 Å². The number of fused-ring (bicyclic) bond motifs is 1. The molecule has 2 aromatic heterocycles. The lowest BCUT2D eigenvalue weighted by molar-refractivity contribution is -0.132.